The standard InChI is InChI=1S/C14H17N3O/c1-2-3-7-10-18-14-16-13(11-15-17-14)12-8-5-4-6-9-12/h4-6,8-9,11H,2-3,7,10H2,1H3. The molecule has 0 N–H and O–H groups in total. The highest BCUT2D eigenvalue weighted by Crippen LogP contribution is 2.16. The van der Waals surface area contributed by atoms with Crippen molar-refractivity contribution in [3.8, 4) is 17.3 Å². The monoisotopic (exact) mass is 243 g/mol. The van der Waals surface area contributed by atoms with Crippen molar-refractivity contribution >= 4 is 0 Å². The molecule has 1 aromatic carbocycles. The van der Waals surface area contributed by atoms with Crippen LogP contribution in [0.15, 0.2) is 36.5 Å². The Hall–Kier alpha value is -1.97. The van der Waals surface area contributed by atoms with E-state index in [1.165, 1.54) is 6.42 Å². The third-order valence-electron chi connectivity index (χ3n) is 2.59. The van der Waals surface area contributed by atoms with E-state index in [1.54, 1.807) is 6.20 Å². The van der Waals surface area contributed by atoms with Gasteiger partial charge in [-0.3, -0.25) is 0 Å². The molecule has 0 unspecified atom stereocenters. The number of benzene rings is 1. The van der Waals surface area contributed by atoms with Crippen molar-refractivity contribution in [2.45, 2.75) is 26.2 Å². The largest absolute Gasteiger partial charge is 0.462 e. The second-order valence-electron chi connectivity index (χ2n) is 4.05. The zero-order valence-corrected chi connectivity index (χ0v) is 10.5. The predicted octanol–water partition coefficient (Wildman–Crippen LogP) is 3.11. The summed E-state index contributed by atoms with van der Waals surface area (Å²) in [6.45, 7) is 2.81. The summed E-state index contributed by atoms with van der Waals surface area (Å²) in [5.41, 5.74) is 1.81. The fraction of sp³-hybridized carbons (Fsp3) is 0.357. The first kappa shape index (κ1) is 12.5. The van der Waals surface area contributed by atoms with Crippen molar-refractivity contribution in [1.82, 2.24) is 15.2 Å². The molecule has 0 saturated heterocycles. The van der Waals surface area contributed by atoms with Crippen LogP contribution in [0.2, 0.25) is 0 Å². The van der Waals surface area contributed by atoms with Gasteiger partial charge in [-0.15, -0.1) is 0 Å². The van der Waals surface area contributed by atoms with Crippen molar-refractivity contribution in [1.29, 1.82) is 0 Å². The molecule has 0 radical (unpaired) electrons. The summed E-state index contributed by atoms with van der Waals surface area (Å²) < 4.78 is 5.49. The summed E-state index contributed by atoms with van der Waals surface area (Å²) in [7, 11) is 0. The molecule has 0 saturated carbocycles. The molecule has 0 spiro atoms. The number of aromatic nitrogens is 3. The van der Waals surface area contributed by atoms with Gasteiger partial charge in [0.1, 0.15) is 0 Å². The maximum Gasteiger partial charge on any atom is 0.336 e. The summed E-state index contributed by atoms with van der Waals surface area (Å²) >= 11 is 0. The number of hydrogen-bond donors (Lipinski definition) is 0. The normalized spacial score (nSPS) is 10.3. The van der Waals surface area contributed by atoms with Crippen molar-refractivity contribution in [2.24, 2.45) is 0 Å². The van der Waals surface area contributed by atoms with E-state index in [2.05, 4.69) is 22.1 Å². The molecule has 0 aliphatic heterocycles. The lowest BCUT2D eigenvalue weighted by atomic mass is 10.2. The lowest BCUT2D eigenvalue weighted by Gasteiger charge is -2.04. The van der Waals surface area contributed by atoms with Crippen LogP contribution < -0.4 is 4.74 Å². The Morgan fingerprint density at radius 2 is 1.94 bits per heavy atom. The third-order valence-corrected chi connectivity index (χ3v) is 2.59. The summed E-state index contributed by atoms with van der Waals surface area (Å²) in [6, 6.07) is 10.3. The van der Waals surface area contributed by atoms with Gasteiger partial charge in [0, 0.05) is 5.56 Å². The molecule has 1 aromatic heterocycles. The maximum atomic E-state index is 5.49. The highest BCUT2D eigenvalue weighted by atomic mass is 16.5. The third kappa shape index (κ3) is 3.52. The van der Waals surface area contributed by atoms with Gasteiger partial charge in [-0.2, -0.15) is 10.1 Å². The minimum absolute atomic E-state index is 0.354. The Bertz CT molecular complexity index is 473. The van der Waals surface area contributed by atoms with Gasteiger partial charge in [-0.1, -0.05) is 55.2 Å². The SMILES string of the molecule is CCCCCOc1nncc(-c2ccccc2)n1. The van der Waals surface area contributed by atoms with E-state index in [0.29, 0.717) is 12.6 Å². The van der Waals surface area contributed by atoms with Crippen LogP contribution in [0, 0.1) is 0 Å². The molecular weight excluding hydrogens is 226 g/mol. The van der Waals surface area contributed by atoms with E-state index >= 15 is 0 Å². The van der Waals surface area contributed by atoms with E-state index in [1.807, 2.05) is 30.3 Å². The van der Waals surface area contributed by atoms with Gasteiger partial charge in [0.25, 0.3) is 0 Å². The molecule has 0 atom stereocenters. The second kappa shape index (κ2) is 6.69. The molecule has 0 aliphatic carbocycles. The first-order chi connectivity index (χ1) is 8.90. The molecule has 4 nitrogen and oxygen atoms in total. The summed E-state index contributed by atoms with van der Waals surface area (Å²) in [4.78, 5) is 4.34. The van der Waals surface area contributed by atoms with Crippen LogP contribution in [0.3, 0.4) is 0 Å². The average molecular weight is 243 g/mol. The van der Waals surface area contributed by atoms with E-state index in [4.69, 9.17) is 4.74 Å². The topological polar surface area (TPSA) is 47.9 Å². The van der Waals surface area contributed by atoms with Crippen LogP contribution in [-0.4, -0.2) is 21.8 Å². The first-order valence-electron chi connectivity index (χ1n) is 6.28. The van der Waals surface area contributed by atoms with Crippen LogP contribution in [0.1, 0.15) is 26.2 Å². The number of rotatable bonds is 6. The lowest BCUT2D eigenvalue weighted by molar-refractivity contribution is 0.279. The molecule has 0 amide bonds. The van der Waals surface area contributed by atoms with Gasteiger partial charge < -0.3 is 4.74 Å². The van der Waals surface area contributed by atoms with E-state index in [-0.39, 0.29) is 0 Å². The molecule has 0 bridgehead atoms. The van der Waals surface area contributed by atoms with Crippen molar-refractivity contribution in [3.05, 3.63) is 36.5 Å². The number of unbranched alkanes of at least 4 members (excludes halogenated alkanes) is 2. The van der Waals surface area contributed by atoms with Crippen molar-refractivity contribution in [3.63, 3.8) is 0 Å². The molecule has 1 heterocycles. The Morgan fingerprint density at radius 1 is 1.11 bits per heavy atom. The van der Waals surface area contributed by atoms with Crippen LogP contribution in [0.4, 0.5) is 0 Å². The highest BCUT2D eigenvalue weighted by molar-refractivity contribution is 5.57. The van der Waals surface area contributed by atoms with Gasteiger partial charge in [0.15, 0.2) is 0 Å². The Balaban J connectivity index is 2.02. The number of hydrogen-bond acceptors (Lipinski definition) is 4. The summed E-state index contributed by atoms with van der Waals surface area (Å²) in [5.74, 6) is 0. The van der Waals surface area contributed by atoms with Crippen LogP contribution in [0.5, 0.6) is 6.01 Å². The fourth-order valence-corrected chi connectivity index (χ4v) is 1.61. The second-order valence-corrected chi connectivity index (χ2v) is 4.05. The van der Waals surface area contributed by atoms with E-state index < -0.39 is 0 Å². The Morgan fingerprint density at radius 3 is 2.72 bits per heavy atom. The molecule has 0 fully saturated rings. The van der Waals surface area contributed by atoms with Gasteiger partial charge in [0.05, 0.1) is 18.5 Å². The van der Waals surface area contributed by atoms with Gasteiger partial charge in [-0.25, -0.2) is 0 Å². The highest BCUT2D eigenvalue weighted by Gasteiger charge is 2.03. The zero-order valence-electron chi connectivity index (χ0n) is 10.5. The lowest BCUT2D eigenvalue weighted by Crippen LogP contribution is -2.02. The Kier molecular flexibility index (Phi) is 4.64. The minimum Gasteiger partial charge on any atom is -0.462 e. The van der Waals surface area contributed by atoms with Gasteiger partial charge in [0.2, 0.25) is 0 Å². The quantitative estimate of drug-likeness (QED) is 0.731. The number of ether oxygens (including phenoxy) is 1. The molecule has 2 aromatic rings. The van der Waals surface area contributed by atoms with Gasteiger partial charge in [-0.05, 0) is 6.42 Å². The van der Waals surface area contributed by atoms with Crippen LogP contribution in [-0.2, 0) is 0 Å². The molecule has 94 valence electrons. The molecule has 4 heteroatoms. The van der Waals surface area contributed by atoms with Crippen LogP contribution in [0.25, 0.3) is 11.3 Å². The van der Waals surface area contributed by atoms with Crippen LogP contribution >= 0.6 is 0 Å². The molecule has 18 heavy (non-hydrogen) atoms. The maximum absolute atomic E-state index is 5.49. The van der Waals surface area contributed by atoms with Gasteiger partial charge >= 0.3 is 6.01 Å². The van der Waals surface area contributed by atoms with Crippen molar-refractivity contribution in [2.75, 3.05) is 6.61 Å². The van der Waals surface area contributed by atoms with E-state index in [0.717, 1.165) is 24.1 Å². The molecule has 2 rings (SSSR count). The molecular formula is C14H17N3O. The smallest absolute Gasteiger partial charge is 0.336 e. The average Bonchev–Trinajstić information content (AvgIpc) is 2.45. The van der Waals surface area contributed by atoms with E-state index in [9.17, 15) is 0 Å². The summed E-state index contributed by atoms with van der Waals surface area (Å²) in [6.07, 6.45) is 5.00. The summed E-state index contributed by atoms with van der Waals surface area (Å²) in [5, 5.41) is 7.80. The Labute approximate surface area is 107 Å². The molecule has 0 aliphatic rings. The number of nitrogens with zero attached hydrogens (tertiary/aromatic N) is 3. The predicted molar refractivity (Wildman–Crippen MR) is 70.3 cm³/mol. The first-order valence-corrected chi connectivity index (χ1v) is 6.28. The zero-order chi connectivity index (χ0) is 12.6. The van der Waals surface area contributed by atoms with Crippen molar-refractivity contribution < 1.29 is 4.74 Å². The fourth-order valence-electron chi connectivity index (χ4n) is 1.61. The minimum atomic E-state index is 0.354.